The first-order valence-corrected chi connectivity index (χ1v) is 11.4. The molecule has 35 heavy (non-hydrogen) atoms. The molecule has 2 unspecified atom stereocenters. The number of aliphatic hydroxyl groups excluding tert-OH is 1. The van der Waals surface area contributed by atoms with Gasteiger partial charge < -0.3 is 31.3 Å². The lowest BCUT2D eigenvalue weighted by molar-refractivity contribution is 0.276. The predicted molar refractivity (Wildman–Crippen MR) is 134 cm³/mol. The Labute approximate surface area is 206 Å². The highest BCUT2D eigenvalue weighted by atomic mass is 35.5. The number of aromatic nitrogens is 1. The molecule has 1 aromatic heterocycles. The molecule has 3 atom stereocenters. The topological polar surface area (TPSA) is 139 Å². The maximum absolute atomic E-state index is 10.1. The fourth-order valence-corrected chi connectivity index (χ4v) is 4.42. The van der Waals surface area contributed by atoms with Crippen LogP contribution < -0.4 is 27.0 Å². The molecule has 2 aliphatic rings. The summed E-state index contributed by atoms with van der Waals surface area (Å²) in [6.07, 6.45) is 4.75. The zero-order valence-corrected chi connectivity index (χ0v) is 19.3. The number of benzene rings is 2. The molecule has 2 aliphatic heterocycles. The van der Waals surface area contributed by atoms with Gasteiger partial charge >= 0.3 is 0 Å². The SMILES string of the molecule is N#Cc1cnc2c(Cl)cc(N[C@H](C3=CNNN3)C3COC=N3)cc2c1NC(CO)c1ccccc1. The average Bonchev–Trinajstić information content (AvgIpc) is 3.61. The van der Waals surface area contributed by atoms with Gasteiger partial charge in [-0.05, 0) is 17.7 Å². The number of ether oxygens (including phenoxy) is 1. The first-order valence-electron chi connectivity index (χ1n) is 11.0. The van der Waals surface area contributed by atoms with E-state index in [0.717, 1.165) is 11.3 Å². The molecule has 2 aromatic carbocycles. The van der Waals surface area contributed by atoms with Crippen molar-refractivity contribution in [2.24, 2.45) is 4.99 Å². The van der Waals surface area contributed by atoms with Crippen molar-refractivity contribution in [3.05, 3.63) is 76.7 Å². The lowest BCUT2D eigenvalue weighted by Crippen LogP contribution is -2.42. The highest BCUT2D eigenvalue weighted by molar-refractivity contribution is 6.35. The van der Waals surface area contributed by atoms with Crippen LogP contribution in [-0.2, 0) is 4.74 Å². The van der Waals surface area contributed by atoms with Gasteiger partial charge in [0.15, 0.2) is 6.40 Å². The van der Waals surface area contributed by atoms with Crippen molar-refractivity contribution in [2.75, 3.05) is 23.8 Å². The molecule has 3 heterocycles. The Bertz CT molecular complexity index is 1320. The van der Waals surface area contributed by atoms with Crippen LogP contribution in [0.4, 0.5) is 11.4 Å². The molecule has 178 valence electrons. The van der Waals surface area contributed by atoms with E-state index in [-0.39, 0.29) is 18.7 Å². The standard InChI is InChI=1S/C24H23ClN8O2/c25-18-7-16(30-24(19-10-29-33-32-19)21-12-35-13-28-21)6-17-22(15(8-26)9-27-23(17)18)31-20(11-34)14-4-2-1-3-5-14/h1-7,9-10,13,20-21,24,29-30,32-34H,11-12H2,(H,27,31)/t20?,21?,24-/m1/s1. The molecule has 0 saturated carbocycles. The van der Waals surface area contributed by atoms with Gasteiger partial charge in [0.25, 0.3) is 0 Å². The third-order valence-electron chi connectivity index (χ3n) is 5.89. The molecule has 10 nitrogen and oxygen atoms in total. The summed E-state index contributed by atoms with van der Waals surface area (Å²) in [6.45, 7) is 0.270. The average molecular weight is 491 g/mol. The summed E-state index contributed by atoms with van der Waals surface area (Å²) in [5, 5.41) is 27.8. The van der Waals surface area contributed by atoms with Crippen LogP contribution in [0.3, 0.4) is 0 Å². The zero-order chi connectivity index (χ0) is 24.2. The number of aliphatic imine (C=N–C) groups is 1. The number of hydrogen-bond acceptors (Lipinski definition) is 10. The quantitative estimate of drug-likeness (QED) is 0.281. The van der Waals surface area contributed by atoms with Gasteiger partial charge in [0.1, 0.15) is 18.7 Å². The Morgan fingerprint density at radius 3 is 2.80 bits per heavy atom. The number of hydrogen-bond donors (Lipinski definition) is 6. The summed E-state index contributed by atoms with van der Waals surface area (Å²) >= 11 is 6.65. The van der Waals surface area contributed by atoms with Gasteiger partial charge in [-0.15, -0.1) is 0 Å². The summed E-state index contributed by atoms with van der Waals surface area (Å²) in [4.78, 5) is 8.84. The van der Waals surface area contributed by atoms with Gasteiger partial charge in [-0.1, -0.05) is 41.9 Å². The minimum Gasteiger partial charge on any atom is -0.481 e. The highest BCUT2D eigenvalue weighted by Crippen LogP contribution is 2.35. The molecular formula is C24H23ClN8O2. The molecule has 0 fully saturated rings. The molecule has 6 N–H and O–H groups in total. The monoisotopic (exact) mass is 490 g/mol. The lowest BCUT2D eigenvalue weighted by Gasteiger charge is -2.25. The fourth-order valence-electron chi connectivity index (χ4n) is 4.15. The summed E-state index contributed by atoms with van der Waals surface area (Å²) in [5.41, 5.74) is 12.7. The predicted octanol–water partition coefficient (Wildman–Crippen LogP) is 2.57. The third kappa shape index (κ3) is 4.65. The zero-order valence-electron chi connectivity index (χ0n) is 18.5. The third-order valence-corrected chi connectivity index (χ3v) is 6.18. The number of aliphatic hydroxyl groups is 1. The fraction of sp³-hybridized carbons (Fsp3) is 0.208. The van der Waals surface area contributed by atoms with E-state index in [9.17, 15) is 10.4 Å². The second kappa shape index (κ2) is 10.1. The molecule has 5 rings (SSSR count). The summed E-state index contributed by atoms with van der Waals surface area (Å²) in [6, 6.07) is 14.6. The Balaban J connectivity index is 1.55. The maximum atomic E-state index is 10.1. The number of anilines is 2. The Morgan fingerprint density at radius 1 is 1.26 bits per heavy atom. The minimum absolute atomic E-state index is 0.161. The molecule has 11 heteroatoms. The van der Waals surface area contributed by atoms with Gasteiger partial charge in [-0.25, -0.2) is 4.99 Å². The largest absolute Gasteiger partial charge is 0.481 e. The minimum atomic E-state index is -0.424. The Hall–Kier alpha value is -4.04. The van der Waals surface area contributed by atoms with Crippen LogP contribution in [0, 0.1) is 11.3 Å². The first-order chi connectivity index (χ1) is 17.2. The van der Waals surface area contributed by atoms with E-state index in [1.54, 1.807) is 6.07 Å². The van der Waals surface area contributed by atoms with Crippen LogP contribution >= 0.6 is 11.6 Å². The lowest BCUT2D eigenvalue weighted by atomic mass is 10.0. The number of hydrazine groups is 2. The van der Waals surface area contributed by atoms with Crippen LogP contribution in [0.5, 0.6) is 0 Å². The van der Waals surface area contributed by atoms with E-state index in [0.29, 0.717) is 39.5 Å². The number of nitriles is 1. The van der Waals surface area contributed by atoms with E-state index < -0.39 is 6.04 Å². The van der Waals surface area contributed by atoms with Crippen LogP contribution in [0.2, 0.25) is 5.02 Å². The van der Waals surface area contributed by atoms with Crippen molar-refractivity contribution < 1.29 is 9.84 Å². The highest BCUT2D eigenvalue weighted by Gasteiger charge is 2.29. The number of fused-ring (bicyclic) bond motifs is 1. The van der Waals surface area contributed by atoms with E-state index >= 15 is 0 Å². The van der Waals surface area contributed by atoms with Gasteiger partial charge in [0.05, 0.1) is 46.2 Å². The number of pyridine rings is 1. The molecule has 0 saturated heterocycles. The molecule has 0 amide bonds. The van der Waals surface area contributed by atoms with Crippen LogP contribution in [0.1, 0.15) is 17.2 Å². The Morgan fingerprint density at radius 2 is 2.11 bits per heavy atom. The first kappa shape index (κ1) is 22.7. The van der Waals surface area contributed by atoms with Gasteiger partial charge in [-0.3, -0.25) is 4.98 Å². The van der Waals surface area contributed by atoms with Gasteiger partial charge in [0, 0.05) is 23.5 Å². The van der Waals surface area contributed by atoms with Gasteiger partial charge in [-0.2, -0.15) is 10.8 Å². The van der Waals surface area contributed by atoms with Crippen molar-refractivity contribution in [2.45, 2.75) is 18.1 Å². The van der Waals surface area contributed by atoms with Crippen molar-refractivity contribution >= 4 is 40.3 Å². The van der Waals surface area contributed by atoms with Crippen molar-refractivity contribution in [1.82, 2.24) is 21.4 Å². The maximum Gasteiger partial charge on any atom is 0.169 e. The molecule has 0 radical (unpaired) electrons. The normalized spacial score (nSPS) is 18.1. The molecule has 0 spiro atoms. The van der Waals surface area contributed by atoms with Gasteiger partial charge in [0.2, 0.25) is 0 Å². The van der Waals surface area contributed by atoms with E-state index in [1.165, 1.54) is 12.6 Å². The second-order valence-corrected chi connectivity index (χ2v) is 8.48. The van der Waals surface area contributed by atoms with Crippen molar-refractivity contribution in [3.63, 3.8) is 0 Å². The molecule has 3 aromatic rings. The number of rotatable bonds is 8. The number of halogens is 1. The van der Waals surface area contributed by atoms with Crippen molar-refractivity contribution in [3.8, 4) is 6.07 Å². The summed E-state index contributed by atoms with van der Waals surface area (Å²) < 4.78 is 5.34. The van der Waals surface area contributed by atoms with E-state index in [2.05, 4.69) is 43.1 Å². The van der Waals surface area contributed by atoms with E-state index in [1.807, 2.05) is 42.6 Å². The van der Waals surface area contributed by atoms with Crippen molar-refractivity contribution in [1.29, 1.82) is 5.26 Å². The summed E-state index contributed by atoms with van der Waals surface area (Å²) in [5.74, 6) is 0. The summed E-state index contributed by atoms with van der Waals surface area (Å²) in [7, 11) is 0. The Kier molecular flexibility index (Phi) is 6.54. The number of nitrogens with zero attached hydrogens (tertiary/aromatic N) is 3. The van der Waals surface area contributed by atoms with E-state index in [4.69, 9.17) is 16.3 Å². The molecular weight excluding hydrogens is 468 g/mol. The molecule has 0 aliphatic carbocycles. The number of nitrogens with one attached hydrogen (secondary N) is 5. The van der Waals surface area contributed by atoms with Crippen LogP contribution in [-0.4, -0.2) is 41.8 Å². The smallest absolute Gasteiger partial charge is 0.169 e. The second-order valence-electron chi connectivity index (χ2n) is 8.07. The van der Waals surface area contributed by atoms with Crippen LogP contribution in [0.15, 0.2) is 65.6 Å². The molecule has 0 bridgehead atoms. The van der Waals surface area contributed by atoms with Crippen LogP contribution in [0.25, 0.3) is 10.9 Å².